The van der Waals surface area contributed by atoms with E-state index >= 15 is 0 Å². The largest absolute Gasteiger partial charge is 0.464 e. The zero-order chi connectivity index (χ0) is 59.8. The molecule has 4 heterocycles. The summed E-state index contributed by atoms with van der Waals surface area (Å²) in [4.78, 5) is 4.91. The molecule has 0 fully saturated rings. The number of pyridine rings is 1. The lowest BCUT2D eigenvalue weighted by Crippen LogP contribution is -2.32. The maximum atomic E-state index is 9.56. The monoisotopic (exact) mass is 973 g/mol. The Bertz CT molecular complexity index is 4660. The van der Waals surface area contributed by atoms with E-state index in [0.29, 0.717) is 39.9 Å². The van der Waals surface area contributed by atoms with E-state index < -0.39 is 47.1 Å². The van der Waals surface area contributed by atoms with Gasteiger partial charge in [0.1, 0.15) is 11.4 Å². The maximum absolute atomic E-state index is 9.56. The summed E-state index contributed by atoms with van der Waals surface area (Å²) in [5.41, 5.74) is 11.1. The summed E-state index contributed by atoms with van der Waals surface area (Å²) in [6, 6.07) is 38.9. The number of fused-ring (bicyclic) bond motifs is 5. The second kappa shape index (κ2) is 17.7. The van der Waals surface area contributed by atoms with E-state index in [0.717, 1.165) is 77.6 Å². The number of hydrogen-bond donors (Lipinski definition) is 0. The Kier molecular flexibility index (Phi) is 8.77. The number of para-hydroxylation sites is 3. The van der Waals surface area contributed by atoms with Gasteiger partial charge in [-0.25, -0.2) is 4.98 Å². The first-order valence-corrected chi connectivity index (χ1v) is 25.1. The summed E-state index contributed by atoms with van der Waals surface area (Å²) in [7, 11) is 0. The van der Waals surface area contributed by atoms with Crippen LogP contribution >= 0.6 is 0 Å². The number of furan rings is 1. The van der Waals surface area contributed by atoms with Crippen molar-refractivity contribution in [3.8, 4) is 50.6 Å². The van der Waals surface area contributed by atoms with Gasteiger partial charge in [-0.2, -0.15) is 0 Å². The molecule has 12 aromatic rings. The average Bonchev–Trinajstić information content (AvgIpc) is 1.48. The highest BCUT2D eigenvalue weighted by Crippen LogP contribution is 2.42. The molecule has 0 amide bonds. The molecule has 0 spiro atoms. The van der Waals surface area contributed by atoms with E-state index in [1.807, 2.05) is 75.9 Å². The second-order valence-electron chi connectivity index (χ2n) is 22.5. The fourth-order valence-corrected chi connectivity index (χ4v) is 10.3. The van der Waals surface area contributed by atoms with Crippen molar-refractivity contribution < 1.29 is 22.7 Å². The molecule has 5 nitrogen and oxygen atoms in total. The number of imidazole rings is 1. The molecule has 0 N–H and O–H groups in total. The molecule has 0 saturated heterocycles. The van der Waals surface area contributed by atoms with Crippen LogP contribution in [-0.2, 0) is 22.7 Å². The highest BCUT2D eigenvalue weighted by Gasteiger charge is 2.27. The van der Waals surface area contributed by atoms with Crippen LogP contribution in [0.3, 0.4) is 0 Å². The summed E-state index contributed by atoms with van der Waals surface area (Å²) in [5.74, 6) is 0.785. The Hall–Kier alpha value is -8.28. The van der Waals surface area contributed by atoms with Crippen molar-refractivity contribution in [3.05, 3.63) is 234 Å². The molecule has 0 unspecified atom stereocenters. The molecule has 8 aromatic carbocycles. The molecule has 364 valence electrons. The van der Waals surface area contributed by atoms with Crippen molar-refractivity contribution in [2.75, 3.05) is 0 Å². The van der Waals surface area contributed by atoms with Gasteiger partial charge in [-0.05, 0) is 126 Å². The molecule has 12 rings (SSSR count). The molecule has 5 heteroatoms. The van der Waals surface area contributed by atoms with Crippen molar-refractivity contribution in [1.29, 1.82) is 0 Å². The topological polar surface area (TPSA) is 39.8 Å². The number of aromatic nitrogens is 4. The molecule has 0 bridgehead atoms. The molecule has 0 radical (unpaired) electrons. The van der Waals surface area contributed by atoms with E-state index in [2.05, 4.69) is 134 Å². The number of hydrogen-bond acceptors (Lipinski definition) is 2. The SMILES string of the molecule is [2H]c1c([2H])c([2H])c(-c2cc(-c3cc(C(C)(C)C)cc(-c4c([2H])c([2H])c([2H])c([2H])c4[2H])c3-[n+]3[c-]n(-c4cc(Cc5ccc6c7ccccc7n(-c7nccc8occc78)c6c5)cc(C(C)(C)C)c4)c4ccccc43)cc(C(C)(C)C)c2)c([2H])c1[2H]. The minimum absolute atomic E-state index is 0.00385. The van der Waals surface area contributed by atoms with Crippen molar-refractivity contribution >= 4 is 43.8 Å². The predicted octanol–water partition coefficient (Wildman–Crippen LogP) is 17.4. The van der Waals surface area contributed by atoms with Crippen LogP contribution in [0.2, 0.25) is 0 Å². The lowest BCUT2D eigenvalue weighted by molar-refractivity contribution is -0.571. The standard InChI is InChI=1S/C69H62N4O/c1-67(2,3)51-35-46(34-45-28-29-56-55-24-16-17-25-60(55)73(63(56)37-45)66-57-31-33-74-64(57)30-32-70-66)36-54(41-51)71-44-72(62-27-19-18-26-61(62)71)65-58(48-22-14-11-15-23-48)42-53(69(7,8)9)43-59(65)50-38-49(47-20-12-10-13-21-47)39-52(40-50)68(4,5)6/h10-33,35-43H,34H2,1-9H3/i10D,11D,12D,13D,14D,15D,20D,21D,22D,23D. The third kappa shape index (κ3) is 8.40. The highest BCUT2D eigenvalue weighted by atomic mass is 16.3. The molecule has 0 saturated carbocycles. The summed E-state index contributed by atoms with van der Waals surface area (Å²) in [5, 5.41) is 3.13. The van der Waals surface area contributed by atoms with Gasteiger partial charge in [0, 0.05) is 17.0 Å². The van der Waals surface area contributed by atoms with Crippen molar-refractivity contribution in [1.82, 2.24) is 14.1 Å². The van der Waals surface area contributed by atoms with Gasteiger partial charge in [0.2, 0.25) is 0 Å². The summed E-state index contributed by atoms with van der Waals surface area (Å²) in [6.07, 6.45) is 7.84. The highest BCUT2D eigenvalue weighted by molar-refractivity contribution is 6.10. The van der Waals surface area contributed by atoms with E-state index in [4.69, 9.17) is 20.4 Å². The zero-order valence-corrected chi connectivity index (χ0v) is 43.2. The van der Waals surface area contributed by atoms with Crippen molar-refractivity contribution in [2.24, 2.45) is 0 Å². The molecular weight excluding hydrogens is 901 g/mol. The first-order chi connectivity index (χ1) is 39.7. The summed E-state index contributed by atoms with van der Waals surface area (Å²) >= 11 is 0. The quantitative estimate of drug-likeness (QED) is 0.112. The lowest BCUT2D eigenvalue weighted by Gasteiger charge is -2.27. The van der Waals surface area contributed by atoms with Gasteiger partial charge < -0.3 is 4.42 Å². The van der Waals surface area contributed by atoms with Crippen LogP contribution in [0.1, 0.15) is 104 Å². The third-order valence-corrected chi connectivity index (χ3v) is 14.2. The Balaban J connectivity index is 1.13. The average molecular weight is 973 g/mol. The molecule has 0 aliphatic heterocycles. The number of nitrogens with zero attached hydrogens (tertiary/aromatic N) is 4. The van der Waals surface area contributed by atoms with E-state index in [-0.39, 0.29) is 40.7 Å². The van der Waals surface area contributed by atoms with E-state index in [9.17, 15) is 2.74 Å². The molecule has 0 atom stereocenters. The van der Waals surface area contributed by atoms with Crippen LogP contribution in [0.25, 0.3) is 94.4 Å². The Morgan fingerprint density at radius 3 is 1.88 bits per heavy atom. The molecule has 0 aliphatic carbocycles. The fourth-order valence-electron chi connectivity index (χ4n) is 10.3. The molecule has 4 aromatic heterocycles. The number of rotatable bonds is 8. The molecule has 74 heavy (non-hydrogen) atoms. The van der Waals surface area contributed by atoms with Crippen molar-refractivity contribution in [3.63, 3.8) is 0 Å². The fraction of sp³-hybridized carbons (Fsp3) is 0.188. The van der Waals surface area contributed by atoms with E-state index in [1.54, 1.807) is 12.5 Å². The van der Waals surface area contributed by atoms with Gasteiger partial charge in [-0.3, -0.25) is 13.7 Å². The molecular formula is C69H62N4O. The minimum atomic E-state index is -0.551. The first-order valence-electron chi connectivity index (χ1n) is 30.1. The third-order valence-electron chi connectivity index (χ3n) is 14.2. The summed E-state index contributed by atoms with van der Waals surface area (Å²) in [6.45, 7) is 18.9. The van der Waals surface area contributed by atoms with Gasteiger partial charge in [-0.15, -0.1) is 0 Å². The summed E-state index contributed by atoms with van der Waals surface area (Å²) < 4.78 is 102. The smallest absolute Gasteiger partial charge is 0.269 e. The van der Waals surface area contributed by atoms with Crippen LogP contribution < -0.4 is 4.57 Å². The lowest BCUT2D eigenvalue weighted by atomic mass is 9.80. The van der Waals surface area contributed by atoms with Gasteiger partial charge in [0.15, 0.2) is 0 Å². The van der Waals surface area contributed by atoms with E-state index in [1.165, 1.54) is 0 Å². The Labute approximate surface area is 449 Å². The zero-order valence-electron chi connectivity index (χ0n) is 53.2. The predicted molar refractivity (Wildman–Crippen MR) is 307 cm³/mol. The Morgan fingerprint density at radius 1 is 0.527 bits per heavy atom. The van der Waals surface area contributed by atoms with Crippen LogP contribution in [0.5, 0.6) is 0 Å². The van der Waals surface area contributed by atoms with Crippen LogP contribution in [0.4, 0.5) is 0 Å². The molecule has 0 aliphatic rings. The van der Waals surface area contributed by atoms with Gasteiger partial charge >= 0.3 is 0 Å². The normalized spacial score (nSPS) is 14.3. The van der Waals surface area contributed by atoms with Gasteiger partial charge in [-0.1, -0.05) is 208 Å². The second-order valence-corrected chi connectivity index (χ2v) is 22.5. The number of benzene rings is 8. The van der Waals surface area contributed by atoms with Gasteiger partial charge in [0.25, 0.3) is 6.33 Å². The maximum Gasteiger partial charge on any atom is 0.269 e. The van der Waals surface area contributed by atoms with Gasteiger partial charge in [0.05, 0.1) is 58.8 Å². The van der Waals surface area contributed by atoms with Crippen LogP contribution in [0, 0.1) is 6.33 Å². The Morgan fingerprint density at radius 2 is 1.15 bits per heavy atom. The first kappa shape index (κ1) is 36.6. The minimum Gasteiger partial charge on any atom is -0.464 e. The van der Waals surface area contributed by atoms with Crippen LogP contribution in [-0.4, -0.2) is 14.1 Å². The van der Waals surface area contributed by atoms with Crippen molar-refractivity contribution in [2.45, 2.75) is 85.0 Å². The van der Waals surface area contributed by atoms with Crippen LogP contribution in [0.15, 0.2) is 205 Å².